The summed E-state index contributed by atoms with van der Waals surface area (Å²) < 4.78 is 19.2. The lowest BCUT2D eigenvalue weighted by Gasteiger charge is -2.16. The van der Waals surface area contributed by atoms with Crippen molar-refractivity contribution in [1.82, 2.24) is 4.90 Å². The predicted molar refractivity (Wildman–Crippen MR) is 71.9 cm³/mol. The van der Waals surface area contributed by atoms with Gasteiger partial charge in [-0.15, -0.1) is 0 Å². The lowest BCUT2D eigenvalue weighted by molar-refractivity contribution is -0.141. The summed E-state index contributed by atoms with van der Waals surface area (Å²) in [4.78, 5) is 24.1. The zero-order valence-corrected chi connectivity index (χ0v) is 12.1. The first-order valence-corrected chi connectivity index (χ1v) is 6.85. The summed E-state index contributed by atoms with van der Waals surface area (Å²) in [5, 5.41) is 8.86. The van der Waals surface area contributed by atoms with Gasteiger partial charge in [-0.1, -0.05) is 15.9 Å². The van der Waals surface area contributed by atoms with Gasteiger partial charge in [0.25, 0.3) is 5.91 Å². The quantitative estimate of drug-likeness (QED) is 0.904. The molecule has 0 unspecified atom stereocenters. The molecule has 1 amide bonds. The van der Waals surface area contributed by atoms with E-state index in [1.54, 1.807) is 6.07 Å². The fourth-order valence-electron chi connectivity index (χ4n) is 2.01. The van der Waals surface area contributed by atoms with E-state index >= 15 is 0 Å². The fraction of sp³-hybridized carbons (Fsp3) is 0.385. The zero-order valence-electron chi connectivity index (χ0n) is 10.5. The molecule has 1 atom stereocenters. The standard InChI is InChI=1S/C13H13BrFNO4/c14-9-1-2-11(10(15)5-9)20-7-12(17)16-4-3-8(6-16)13(18)19/h1-2,5,8H,3-4,6-7H2,(H,18,19)/t8-/m1/s1. The normalized spacial score (nSPS) is 18.1. The molecule has 7 heteroatoms. The highest BCUT2D eigenvalue weighted by molar-refractivity contribution is 9.10. The molecule has 1 aliphatic rings. The number of carbonyl (C=O) groups is 2. The molecule has 1 saturated heterocycles. The minimum atomic E-state index is -0.903. The van der Waals surface area contributed by atoms with Crippen LogP contribution in [0.4, 0.5) is 4.39 Å². The molecule has 1 aromatic rings. The van der Waals surface area contributed by atoms with Crippen molar-refractivity contribution in [2.45, 2.75) is 6.42 Å². The Morgan fingerprint density at radius 1 is 1.50 bits per heavy atom. The Balaban J connectivity index is 1.88. The number of carbonyl (C=O) groups excluding carboxylic acids is 1. The van der Waals surface area contributed by atoms with Crippen LogP contribution in [0.15, 0.2) is 22.7 Å². The van der Waals surface area contributed by atoms with E-state index in [4.69, 9.17) is 9.84 Å². The Kier molecular flexibility index (Phi) is 4.59. The van der Waals surface area contributed by atoms with Crippen molar-refractivity contribution in [3.63, 3.8) is 0 Å². The fourth-order valence-corrected chi connectivity index (χ4v) is 2.34. The molecule has 1 aliphatic heterocycles. The van der Waals surface area contributed by atoms with E-state index in [-0.39, 0.29) is 24.8 Å². The summed E-state index contributed by atoms with van der Waals surface area (Å²) >= 11 is 3.12. The second kappa shape index (κ2) is 6.21. The first-order chi connectivity index (χ1) is 9.47. The second-order valence-corrected chi connectivity index (χ2v) is 5.44. The van der Waals surface area contributed by atoms with E-state index in [9.17, 15) is 14.0 Å². The molecule has 1 aromatic carbocycles. The van der Waals surface area contributed by atoms with Crippen LogP contribution in [0, 0.1) is 11.7 Å². The molecule has 1 N–H and O–H groups in total. The van der Waals surface area contributed by atoms with E-state index in [0.29, 0.717) is 17.4 Å². The topological polar surface area (TPSA) is 66.8 Å². The van der Waals surface area contributed by atoms with E-state index < -0.39 is 17.7 Å². The summed E-state index contributed by atoms with van der Waals surface area (Å²) in [6.07, 6.45) is 0.438. The monoisotopic (exact) mass is 345 g/mol. The van der Waals surface area contributed by atoms with Crippen molar-refractivity contribution < 1.29 is 23.8 Å². The molecule has 2 rings (SSSR count). The van der Waals surface area contributed by atoms with Crippen LogP contribution >= 0.6 is 15.9 Å². The first-order valence-electron chi connectivity index (χ1n) is 6.06. The van der Waals surface area contributed by atoms with Crippen LogP contribution in [-0.2, 0) is 9.59 Å². The van der Waals surface area contributed by atoms with Crippen LogP contribution in [0.5, 0.6) is 5.75 Å². The zero-order chi connectivity index (χ0) is 14.7. The van der Waals surface area contributed by atoms with Gasteiger partial charge in [0, 0.05) is 17.6 Å². The SMILES string of the molecule is O=C(O)[C@@H]1CCN(C(=O)COc2ccc(Br)cc2F)C1. The molecule has 0 bridgehead atoms. The van der Waals surface area contributed by atoms with Gasteiger partial charge in [0.15, 0.2) is 18.2 Å². The van der Waals surface area contributed by atoms with Crippen LogP contribution in [0.2, 0.25) is 0 Å². The van der Waals surface area contributed by atoms with Gasteiger partial charge in [0.05, 0.1) is 5.92 Å². The number of halogens is 2. The number of carboxylic acids is 1. The largest absolute Gasteiger partial charge is 0.481 e. The second-order valence-electron chi connectivity index (χ2n) is 4.53. The highest BCUT2D eigenvalue weighted by Crippen LogP contribution is 2.22. The average molecular weight is 346 g/mol. The molecule has 108 valence electrons. The lowest BCUT2D eigenvalue weighted by Crippen LogP contribution is -2.33. The summed E-state index contributed by atoms with van der Waals surface area (Å²) in [6.45, 7) is 0.271. The number of nitrogens with zero attached hydrogens (tertiary/aromatic N) is 1. The third-order valence-electron chi connectivity index (χ3n) is 3.14. The molecule has 0 saturated carbocycles. The highest BCUT2D eigenvalue weighted by atomic mass is 79.9. The molecule has 0 aromatic heterocycles. The van der Waals surface area contributed by atoms with Gasteiger partial charge in [0.1, 0.15) is 0 Å². The molecular formula is C13H13BrFNO4. The van der Waals surface area contributed by atoms with Crippen LogP contribution in [0.1, 0.15) is 6.42 Å². The Morgan fingerprint density at radius 2 is 2.25 bits per heavy atom. The molecule has 5 nitrogen and oxygen atoms in total. The van der Waals surface area contributed by atoms with Crippen molar-refractivity contribution in [1.29, 1.82) is 0 Å². The number of benzene rings is 1. The summed E-state index contributed by atoms with van der Waals surface area (Å²) in [7, 11) is 0. The van der Waals surface area contributed by atoms with E-state index in [2.05, 4.69) is 15.9 Å². The molecule has 1 heterocycles. The van der Waals surface area contributed by atoms with Crippen molar-refractivity contribution in [2.24, 2.45) is 5.92 Å². The average Bonchev–Trinajstić information content (AvgIpc) is 2.87. The van der Waals surface area contributed by atoms with Crippen LogP contribution in [0.3, 0.4) is 0 Å². The van der Waals surface area contributed by atoms with E-state index in [1.807, 2.05) is 0 Å². The van der Waals surface area contributed by atoms with Gasteiger partial charge in [-0.25, -0.2) is 4.39 Å². The maximum atomic E-state index is 13.5. The van der Waals surface area contributed by atoms with Crippen molar-refractivity contribution in [2.75, 3.05) is 19.7 Å². The van der Waals surface area contributed by atoms with E-state index in [0.717, 1.165) is 0 Å². The minimum absolute atomic E-state index is 0.00414. The highest BCUT2D eigenvalue weighted by Gasteiger charge is 2.30. The van der Waals surface area contributed by atoms with Gasteiger partial charge in [-0.05, 0) is 24.6 Å². The Labute approximate surface area is 123 Å². The number of likely N-dealkylation sites (tertiary alicyclic amines) is 1. The van der Waals surface area contributed by atoms with Gasteiger partial charge in [0.2, 0.25) is 0 Å². The number of hydrogen-bond acceptors (Lipinski definition) is 3. The van der Waals surface area contributed by atoms with Gasteiger partial charge >= 0.3 is 5.97 Å². The van der Waals surface area contributed by atoms with Crippen molar-refractivity contribution >= 4 is 27.8 Å². The Bertz CT molecular complexity index is 537. The summed E-state index contributed by atoms with van der Waals surface area (Å²) in [5.74, 6) is -2.33. The molecule has 20 heavy (non-hydrogen) atoms. The van der Waals surface area contributed by atoms with Crippen molar-refractivity contribution in [3.05, 3.63) is 28.5 Å². The summed E-state index contributed by atoms with van der Waals surface area (Å²) in [6, 6.07) is 4.28. The maximum absolute atomic E-state index is 13.5. The number of amides is 1. The molecule has 0 aliphatic carbocycles. The summed E-state index contributed by atoms with van der Waals surface area (Å²) in [5.41, 5.74) is 0. The Morgan fingerprint density at radius 3 is 2.85 bits per heavy atom. The number of aliphatic carboxylic acids is 1. The Hall–Kier alpha value is -1.63. The van der Waals surface area contributed by atoms with Gasteiger partial charge < -0.3 is 14.7 Å². The third-order valence-corrected chi connectivity index (χ3v) is 3.63. The van der Waals surface area contributed by atoms with Gasteiger partial charge in [-0.2, -0.15) is 0 Å². The third kappa shape index (κ3) is 3.47. The first kappa shape index (κ1) is 14.8. The van der Waals surface area contributed by atoms with Crippen LogP contribution in [0.25, 0.3) is 0 Å². The van der Waals surface area contributed by atoms with Crippen LogP contribution < -0.4 is 4.74 Å². The number of carboxylic acid groups (broad SMARTS) is 1. The van der Waals surface area contributed by atoms with Gasteiger partial charge in [-0.3, -0.25) is 9.59 Å². The maximum Gasteiger partial charge on any atom is 0.308 e. The number of ether oxygens (including phenoxy) is 1. The smallest absolute Gasteiger partial charge is 0.308 e. The minimum Gasteiger partial charge on any atom is -0.481 e. The molecular weight excluding hydrogens is 333 g/mol. The number of hydrogen-bond donors (Lipinski definition) is 1. The molecule has 1 fully saturated rings. The predicted octanol–water partition coefficient (Wildman–Crippen LogP) is 1.90. The number of rotatable bonds is 4. The van der Waals surface area contributed by atoms with Crippen molar-refractivity contribution in [3.8, 4) is 5.75 Å². The molecule has 0 spiro atoms. The lowest BCUT2D eigenvalue weighted by atomic mass is 10.1. The van der Waals surface area contributed by atoms with E-state index in [1.165, 1.54) is 17.0 Å². The molecule has 0 radical (unpaired) electrons. The van der Waals surface area contributed by atoms with Crippen LogP contribution in [-0.4, -0.2) is 41.6 Å².